The molecule has 0 bridgehead atoms. The van der Waals surface area contributed by atoms with Crippen LogP contribution in [0, 0.1) is 6.92 Å². The molecule has 3 aromatic heterocycles. The van der Waals surface area contributed by atoms with Crippen molar-refractivity contribution in [2.45, 2.75) is 51.0 Å². The Balaban J connectivity index is 1.25. The third kappa shape index (κ3) is 4.31. The summed E-state index contributed by atoms with van der Waals surface area (Å²) in [5.41, 5.74) is 6.72. The number of carbonyl (C=O) groups excluding carboxylic acids is 1. The number of hydrogen-bond donors (Lipinski definition) is 1. The molecule has 0 aliphatic heterocycles. The van der Waals surface area contributed by atoms with Gasteiger partial charge in [0.15, 0.2) is 11.5 Å². The van der Waals surface area contributed by atoms with Crippen LogP contribution in [0.2, 0.25) is 0 Å². The van der Waals surface area contributed by atoms with Crippen molar-refractivity contribution in [3.63, 3.8) is 0 Å². The first-order valence-corrected chi connectivity index (χ1v) is 13.0. The van der Waals surface area contributed by atoms with Gasteiger partial charge in [-0.2, -0.15) is 10.2 Å². The van der Waals surface area contributed by atoms with E-state index in [0.717, 1.165) is 53.8 Å². The van der Waals surface area contributed by atoms with Gasteiger partial charge in [-0.1, -0.05) is 48.0 Å². The predicted octanol–water partition coefficient (Wildman–Crippen LogP) is 5.98. The second kappa shape index (κ2) is 8.69. The maximum absolute atomic E-state index is 13.7. The number of aromatic nitrogens is 5. The molecule has 7 rings (SSSR count). The molecule has 184 valence electrons. The molecule has 7 heteroatoms. The molecule has 1 N–H and O–H groups in total. The number of nitrogens with one attached hydrogen (secondary N) is 1. The van der Waals surface area contributed by atoms with E-state index in [1.165, 1.54) is 11.1 Å². The first kappa shape index (κ1) is 22.0. The molecule has 3 heterocycles. The number of anilines is 1. The summed E-state index contributed by atoms with van der Waals surface area (Å²) in [5.74, 6) is 1.16. The Morgan fingerprint density at radius 2 is 1.70 bits per heavy atom. The van der Waals surface area contributed by atoms with E-state index in [1.54, 1.807) is 0 Å². The smallest absolute Gasteiger partial charge is 0.257 e. The molecule has 0 unspecified atom stereocenters. The molecule has 2 aliphatic rings. The number of rotatable bonds is 7. The number of benzene rings is 2. The Morgan fingerprint density at radius 3 is 2.43 bits per heavy atom. The number of amides is 1. The lowest BCUT2D eigenvalue weighted by atomic mass is 10.0. The summed E-state index contributed by atoms with van der Waals surface area (Å²) in [6.45, 7) is 2.73. The normalized spacial score (nSPS) is 15.3. The summed E-state index contributed by atoms with van der Waals surface area (Å²) < 4.78 is 3.77. The van der Waals surface area contributed by atoms with Crippen molar-refractivity contribution in [2.75, 3.05) is 5.32 Å². The molecule has 2 fully saturated rings. The molecular formula is C30H28N6O. The van der Waals surface area contributed by atoms with Crippen LogP contribution in [0.4, 0.5) is 5.82 Å². The molecule has 5 aromatic rings. The van der Waals surface area contributed by atoms with Crippen molar-refractivity contribution >= 4 is 22.8 Å². The van der Waals surface area contributed by atoms with Crippen molar-refractivity contribution in [2.24, 2.45) is 0 Å². The molecule has 0 radical (unpaired) electrons. The number of carbonyl (C=O) groups is 1. The Morgan fingerprint density at radius 1 is 0.946 bits per heavy atom. The zero-order chi connectivity index (χ0) is 24.9. The van der Waals surface area contributed by atoms with Gasteiger partial charge in [0, 0.05) is 29.8 Å². The number of para-hydroxylation sites is 1. The quantitative estimate of drug-likeness (QED) is 0.306. The van der Waals surface area contributed by atoms with Gasteiger partial charge in [0.05, 0.1) is 28.9 Å². The van der Waals surface area contributed by atoms with E-state index in [2.05, 4.69) is 41.6 Å². The summed E-state index contributed by atoms with van der Waals surface area (Å²) in [5, 5.41) is 13.5. The van der Waals surface area contributed by atoms with E-state index in [1.807, 2.05) is 58.0 Å². The van der Waals surface area contributed by atoms with Crippen molar-refractivity contribution in [3.8, 4) is 5.69 Å². The molecule has 2 saturated carbocycles. The van der Waals surface area contributed by atoms with Gasteiger partial charge in [0.1, 0.15) is 0 Å². The van der Waals surface area contributed by atoms with E-state index >= 15 is 0 Å². The van der Waals surface area contributed by atoms with Gasteiger partial charge in [-0.25, -0.2) is 9.67 Å². The molecule has 1 amide bonds. The van der Waals surface area contributed by atoms with Crippen molar-refractivity contribution in [1.29, 1.82) is 0 Å². The molecular weight excluding hydrogens is 460 g/mol. The number of hydrogen-bond acceptors (Lipinski definition) is 4. The maximum Gasteiger partial charge on any atom is 0.257 e. The zero-order valence-electron chi connectivity index (χ0n) is 20.8. The lowest BCUT2D eigenvalue weighted by Crippen LogP contribution is -2.15. The third-order valence-corrected chi connectivity index (χ3v) is 7.24. The highest BCUT2D eigenvalue weighted by atomic mass is 16.1. The Hall–Kier alpha value is -4.26. The number of fused-ring (bicyclic) bond motifs is 1. The van der Waals surface area contributed by atoms with Crippen LogP contribution in [0.15, 0.2) is 72.9 Å². The minimum Gasteiger partial charge on any atom is -0.305 e. The van der Waals surface area contributed by atoms with Crippen LogP contribution < -0.4 is 5.32 Å². The second-order valence-corrected chi connectivity index (χ2v) is 10.3. The zero-order valence-corrected chi connectivity index (χ0v) is 20.8. The average Bonchev–Trinajstić information content (AvgIpc) is 3.86. The van der Waals surface area contributed by atoms with Gasteiger partial charge >= 0.3 is 0 Å². The van der Waals surface area contributed by atoms with Gasteiger partial charge in [-0.3, -0.25) is 9.48 Å². The fraction of sp³-hybridized carbons (Fsp3) is 0.267. The summed E-state index contributed by atoms with van der Waals surface area (Å²) in [6.07, 6.45) is 6.30. The largest absolute Gasteiger partial charge is 0.305 e. The van der Waals surface area contributed by atoms with Crippen LogP contribution >= 0.6 is 0 Å². The highest BCUT2D eigenvalue weighted by molar-refractivity contribution is 6.12. The topological polar surface area (TPSA) is 77.6 Å². The second-order valence-electron chi connectivity index (χ2n) is 10.3. The van der Waals surface area contributed by atoms with Crippen molar-refractivity contribution in [1.82, 2.24) is 24.5 Å². The van der Waals surface area contributed by atoms with Crippen LogP contribution in [0.5, 0.6) is 0 Å². The van der Waals surface area contributed by atoms with Crippen LogP contribution in [0.1, 0.15) is 70.4 Å². The highest BCUT2D eigenvalue weighted by Gasteiger charge is 2.34. The molecule has 0 saturated heterocycles. The van der Waals surface area contributed by atoms with E-state index in [4.69, 9.17) is 10.1 Å². The summed E-state index contributed by atoms with van der Waals surface area (Å²) in [6, 6.07) is 22.3. The predicted molar refractivity (Wildman–Crippen MR) is 143 cm³/mol. The van der Waals surface area contributed by atoms with E-state index < -0.39 is 0 Å². The lowest BCUT2D eigenvalue weighted by molar-refractivity contribution is 0.102. The van der Waals surface area contributed by atoms with Crippen LogP contribution in [0.25, 0.3) is 16.7 Å². The molecule has 7 nitrogen and oxygen atoms in total. The van der Waals surface area contributed by atoms with E-state index in [0.29, 0.717) is 29.8 Å². The number of aryl methyl sites for hydroxylation is 1. The summed E-state index contributed by atoms with van der Waals surface area (Å²) >= 11 is 0. The molecule has 2 aromatic carbocycles. The Kier molecular flexibility index (Phi) is 5.16. The van der Waals surface area contributed by atoms with Gasteiger partial charge in [0.2, 0.25) is 0 Å². The molecule has 0 atom stereocenters. The minimum absolute atomic E-state index is 0.163. The fourth-order valence-electron chi connectivity index (χ4n) is 4.90. The van der Waals surface area contributed by atoms with Crippen LogP contribution in [0.3, 0.4) is 0 Å². The summed E-state index contributed by atoms with van der Waals surface area (Å²) in [4.78, 5) is 18.8. The van der Waals surface area contributed by atoms with Gasteiger partial charge in [0.25, 0.3) is 5.91 Å². The number of pyridine rings is 1. The SMILES string of the molecule is Cc1ccc(Cn2ccc(NC(=O)c3cc(C4CC4)nc4c3c(C3CC3)nn4-c3ccccc3)n2)cc1. The Bertz CT molecular complexity index is 1610. The molecule has 2 aliphatic carbocycles. The van der Waals surface area contributed by atoms with E-state index in [-0.39, 0.29) is 5.91 Å². The van der Waals surface area contributed by atoms with Crippen LogP contribution in [-0.2, 0) is 6.54 Å². The highest BCUT2D eigenvalue weighted by Crippen LogP contribution is 2.45. The van der Waals surface area contributed by atoms with Crippen LogP contribution in [-0.4, -0.2) is 30.5 Å². The third-order valence-electron chi connectivity index (χ3n) is 7.24. The van der Waals surface area contributed by atoms with Gasteiger partial charge in [-0.05, 0) is 56.4 Å². The summed E-state index contributed by atoms with van der Waals surface area (Å²) in [7, 11) is 0. The average molecular weight is 489 g/mol. The van der Waals surface area contributed by atoms with Crippen molar-refractivity contribution in [3.05, 3.63) is 101 Å². The van der Waals surface area contributed by atoms with E-state index in [9.17, 15) is 4.79 Å². The first-order valence-electron chi connectivity index (χ1n) is 13.0. The number of nitrogens with zero attached hydrogens (tertiary/aromatic N) is 5. The molecule has 37 heavy (non-hydrogen) atoms. The molecule has 0 spiro atoms. The Labute approximate surface area is 215 Å². The lowest BCUT2D eigenvalue weighted by Gasteiger charge is -2.09. The fourth-order valence-corrected chi connectivity index (χ4v) is 4.90. The standard InChI is InChI=1S/C30H28N6O/c1-19-7-9-20(10-8-19)18-35-16-15-26(33-35)32-30(37)24-17-25(21-11-12-21)31-29-27(24)28(22-13-14-22)34-36(29)23-5-3-2-4-6-23/h2-10,15-17,21-22H,11-14,18H2,1H3,(H,32,33,37). The van der Waals surface area contributed by atoms with Crippen molar-refractivity contribution < 1.29 is 4.79 Å². The monoisotopic (exact) mass is 488 g/mol. The maximum atomic E-state index is 13.7. The van der Waals surface area contributed by atoms with Gasteiger partial charge < -0.3 is 5.32 Å². The minimum atomic E-state index is -0.163. The van der Waals surface area contributed by atoms with Gasteiger partial charge in [-0.15, -0.1) is 0 Å². The first-order chi connectivity index (χ1) is 18.1.